The molecule has 13 heteroatoms. The number of nitrogens with zero attached hydrogens (tertiary/aromatic N) is 2. The molecule has 0 spiro atoms. The first-order chi connectivity index (χ1) is 22.8. The molecule has 2 fully saturated rings. The summed E-state index contributed by atoms with van der Waals surface area (Å²) < 4.78 is 5.48. The number of piperidine rings is 1. The summed E-state index contributed by atoms with van der Waals surface area (Å²) in [7, 11) is 1.59. The quantitative estimate of drug-likeness (QED) is 0.130. The van der Waals surface area contributed by atoms with Gasteiger partial charge >= 0.3 is 12.1 Å². The lowest BCUT2D eigenvalue weighted by Gasteiger charge is -2.39. The Morgan fingerprint density at radius 3 is 2.10 bits per heavy atom. The van der Waals surface area contributed by atoms with Crippen molar-refractivity contribution >= 4 is 35.6 Å². The average Bonchev–Trinajstić information content (AvgIpc) is 3.29. The molecule has 13 nitrogen and oxygen atoms in total. The average molecular weight is 701 g/mol. The summed E-state index contributed by atoms with van der Waals surface area (Å²) >= 11 is 0. The Hall–Kier alpha value is -4.08. The Kier molecular flexibility index (Phi) is 13.3. The smallest absolute Gasteiger partial charge is 0.410 e. The van der Waals surface area contributed by atoms with Crippen LogP contribution in [0.3, 0.4) is 0 Å². The van der Waals surface area contributed by atoms with Crippen molar-refractivity contribution in [1.29, 1.82) is 0 Å². The van der Waals surface area contributed by atoms with E-state index in [0.29, 0.717) is 6.54 Å². The van der Waals surface area contributed by atoms with E-state index < -0.39 is 76.2 Å². The molecule has 0 bridgehead atoms. The third-order valence-corrected chi connectivity index (χ3v) is 9.50. The predicted molar refractivity (Wildman–Crippen MR) is 191 cm³/mol. The van der Waals surface area contributed by atoms with Crippen LogP contribution < -0.4 is 21.3 Å². The molecule has 0 aromatic rings. The zero-order chi connectivity index (χ0) is 38.6. The van der Waals surface area contributed by atoms with Crippen molar-refractivity contribution in [2.45, 2.75) is 119 Å². The molecule has 0 radical (unpaired) electrons. The van der Waals surface area contributed by atoms with Crippen LogP contribution in [0.25, 0.3) is 0 Å². The van der Waals surface area contributed by atoms with E-state index in [1.165, 1.54) is 15.9 Å². The number of fused-ring (bicyclic) bond motifs is 1. The molecule has 1 aliphatic heterocycles. The molecule has 4 N–H and O–H groups in total. The number of hydrogen-bond donors (Lipinski definition) is 4. The van der Waals surface area contributed by atoms with Crippen LogP contribution in [-0.2, 0) is 23.9 Å². The first kappa shape index (κ1) is 42.1. The lowest BCUT2D eigenvalue weighted by atomic mass is 9.85. The molecule has 1 saturated heterocycles. The maximum atomic E-state index is 14.4. The maximum absolute atomic E-state index is 14.4. The number of carbonyl (C=O) groups excluding carboxylic acids is 6. The molecule has 0 aromatic carbocycles. The monoisotopic (exact) mass is 700 g/mol. The Labute approximate surface area is 298 Å². The van der Waals surface area contributed by atoms with Gasteiger partial charge in [0.05, 0.1) is 12.1 Å². The Balaban J connectivity index is 2.32. The largest absolute Gasteiger partial charge is 0.444 e. The number of likely N-dealkylation sites (tertiary alicyclic amines) is 1. The van der Waals surface area contributed by atoms with Crippen molar-refractivity contribution in [3.8, 4) is 12.3 Å². The second-order valence-corrected chi connectivity index (χ2v) is 17.3. The van der Waals surface area contributed by atoms with Crippen LogP contribution in [0.1, 0.15) is 89.0 Å². The third-order valence-electron chi connectivity index (χ3n) is 9.50. The third kappa shape index (κ3) is 10.7. The summed E-state index contributed by atoms with van der Waals surface area (Å²) in [5, 5.41) is 11.0. The van der Waals surface area contributed by atoms with Gasteiger partial charge in [0, 0.05) is 33.1 Å². The fraction of sp³-hybridized carbons (Fsp3) is 0.730. The number of terminal acetylenes is 1. The van der Waals surface area contributed by atoms with Crippen LogP contribution in [0.2, 0.25) is 0 Å². The Bertz CT molecular complexity index is 1360. The molecule has 1 saturated carbocycles. The van der Waals surface area contributed by atoms with E-state index in [9.17, 15) is 28.8 Å². The van der Waals surface area contributed by atoms with Gasteiger partial charge in [-0.2, -0.15) is 0 Å². The van der Waals surface area contributed by atoms with E-state index in [4.69, 9.17) is 11.2 Å². The molecule has 1 aliphatic carbocycles. The minimum Gasteiger partial charge on any atom is -0.444 e. The van der Waals surface area contributed by atoms with E-state index >= 15 is 0 Å². The number of hydrogen-bond acceptors (Lipinski definition) is 7. The van der Waals surface area contributed by atoms with Crippen LogP contribution in [-0.4, -0.2) is 102 Å². The number of carbonyl (C=O) groups is 6. The zero-order valence-electron chi connectivity index (χ0n) is 32.1. The molecule has 1 unspecified atom stereocenters. The molecule has 2 rings (SSSR count). The molecule has 0 aromatic heterocycles. The highest BCUT2D eigenvalue weighted by atomic mass is 16.6. The second kappa shape index (κ2) is 15.9. The highest BCUT2D eigenvalue weighted by molar-refractivity contribution is 6.38. The van der Waals surface area contributed by atoms with Gasteiger partial charge in [0.15, 0.2) is 0 Å². The first-order valence-electron chi connectivity index (χ1n) is 17.3. The lowest BCUT2D eigenvalue weighted by molar-refractivity contribution is -0.145. The number of nitrogens with one attached hydrogen (secondary N) is 4. The molecule has 50 heavy (non-hydrogen) atoms. The van der Waals surface area contributed by atoms with E-state index in [0.717, 1.165) is 0 Å². The van der Waals surface area contributed by atoms with Gasteiger partial charge in [-0.15, -0.1) is 18.9 Å². The zero-order valence-corrected chi connectivity index (χ0v) is 32.1. The number of Topliss-reactive ketones (excluding diaryl/α,β-unsaturated/α-hetero) is 1. The number of amides is 6. The molecule has 2 aliphatic rings. The normalized spacial score (nSPS) is 21.3. The summed E-state index contributed by atoms with van der Waals surface area (Å²) in [6.07, 6.45) is 6.53. The molecule has 6 atom stereocenters. The maximum Gasteiger partial charge on any atom is 0.410 e. The number of ether oxygens (including phenoxy) is 1. The van der Waals surface area contributed by atoms with Gasteiger partial charge in [0.25, 0.3) is 5.91 Å². The minimum atomic E-state index is -1.18. The molecular formula is C37H60N6O7. The van der Waals surface area contributed by atoms with Crippen molar-refractivity contribution in [2.24, 2.45) is 28.1 Å². The van der Waals surface area contributed by atoms with Gasteiger partial charge < -0.3 is 35.8 Å². The Morgan fingerprint density at radius 2 is 1.60 bits per heavy atom. The lowest BCUT2D eigenvalue weighted by Crippen LogP contribution is -2.62. The fourth-order valence-electron chi connectivity index (χ4n) is 6.35. The fourth-order valence-corrected chi connectivity index (χ4v) is 6.35. The van der Waals surface area contributed by atoms with E-state index in [-0.39, 0.29) is 43.2 Å². The standard InChI is InChI=1S/C37H60N6O7/c1-15-17-18-23(27(44)30(46)38-19-16-2)39-29(45)26-25-22(37(25,12)13)20-43(26)31(47)28(35(6,7)8)41-32(48)40-24(34(3,4)5)21-42(14)33(49)50-36(9,10)11/h1,16,22-26,28H,2,17-21H2,3-14H3,(H,38,46)(H,39,45)(H2,40,41,48)/t22-,23?,24+,25-,26-,28+/m0/s1. The number of ketones is 1. The van der Waals surface area contributed by atoms with E-state index in [1.807, 2.05) is 55.4 Å². The van der Waals surface area contributed by atoms with Crippen LogP contribution >= 0.6 is 0 Å². The van der Waals surface area contributed by atoms with Gasteiger partial charge in [-0.05, 0) is 55.3 Å². The highest BCUT2D eigenvalue weighted by Gasteiger charge is 2.70. The number of rotatable bonds is 13. The summed E-state index contributed by atoms with van der Waals surface area (Å²) in [5.74, 6) is -0.421. The van der Waals surface area contributed by atoms with Gasteiger partial charge in [0.2, 0.25) is 17.6 Å². The highest BCUT2D eigenvalue weighted by Crippen LogP contribution is 2.65. The minimum absolute atomic E-state index is 0.0288. The van der Waals surface area contributed by atoms with Gasteiger partial charge in [-0.25, -0.2) is 9.59 Å². The van der Waals surface area contributed by atoms with Crippen molar-refractivity contribution in [3.05, 3.63) is 12.7 Å². The Morgan fingerprint density at radius 1 is 1.00 bits per heavy atom. The summed E-state index contributed by atoms with van der Waals surface area (Å²) in [5.41, 5.74) is -2.17. The second-order valence-electron chi connectivity index (χ2n) is 17.3. The topological polar surface area (TPSA) is 166 Å². The molecule has 280 valence electrons. The van der Waals surface area contributed by atoms with Crippen molar-refractivity contribution < 1.29 is 33.5 Å². The van der Waals surface area contributed by atoms with Gasteiger partial charge in [0.1, 0.15) is 17.7 Å². The van der Waals surface area contributed by atoms with Gasteiger partial charge in [-0.1, -0.05) is 61.5 Å². The van der Waals surface area contributed by atoms with Crippen LogP contribution in [0.5, 0.6) is 0 Å². The number of urea groups is 1. The van der Waals surface area contributed by atoms with Crippen molar-refractivity contribution in [3.63, 3.8) is 0 Å². The molecule has 1 heterocycles. The summed E-state index contributed by atoms with van der Waals surface area (Å²) in [6, 6.07) is -4.27. The van der Waals surface area contributed by atoms with Crippen molar-refractivity contribution in [2.75, 3.05) is 26.7 Å². The number of likely N-dealkylation sites (N-methyl/N-ethyl adjacent to an activating group) is 1. The van der Waals surface area contributed by atoms with Crippen LogP contribution in [0.4, 0.5) is 9.59 Å². The SMILES string of the molecule is C#CCCC(NC(=O)[C@@H]1[C@@H]2[C@H](CN1C(=O)[C@@H](NC(=O)N[C@H](CN(C)C(=O)OC(C)(C)C)C(C)(C)C)C(C)(C)C)C2(C)C)C(=O)C(=O)NCC=C. The van der Waals surface area contributed by atoms with Gasteiger partial charge in [-0.3, -0.25) is 19.2 Å². The first-order valence-corrected chi connectivity index (χ1v) is 17.3. The predicted octanol–water partition coefficient (Wildman–Crippen LogP) is 3.23. The molecular weight excluding hydrogens is 640 g/mol. The van der Waals surface area contributed by atoms with Crippen LogP contribution in [0.15, 0.2) is 12.7 Å². The van der Waals surface area contributed by atoms with E-state index in [2.05, 4.69) is 33.8 Å². The van der Waals surface area contributed by atoms with E-state index in [1.54, 1.807) is 27.8 Å². The van der Waals surface area contributed by atoms with Crippen molar-refractivity contribution in [1.82, 2.24) is 31.1 Å². The van der Waals surface area contributed by atoms with Crippen LogP contribution in [0, 0.1) is 40.4 Å². The molecule has 6 amide bonds. The summed E-state index contributed by atoms with van der Waals surface area (Å²) in [4.78, 5) is 83.1. The summed E-state index contributed by atoms with van der Waals surface area (Å²) in [6.45, 7) is 24.7.